The predicted octanol–water partition coefficient (Wildman–Crippen LogP) is 2.04. The molecule has 0 unspecified atom stereocenters. The Morgan fingerprint density at radius 2 is 1.88 bits per heavy atom. The van der Waals surface area contributed by atoms with Crippen LogP contribution in [0.5, 0.6) is 0 Å². The third kappa shape index (κ3) is 6.29. The Labute approximate surface area is 144 Å². The van der Waals surface area contributed by atoms with E-state index in [0.717, 1.165) is 45.6 Å². The molecule has 0 aromatic heterocycles. The molecule has 6 heteroatoms. The lowest BCUT2D eigenvalue weighted by Gasteiger charge is -2.32. The van der Waals surface area contributed by atoms with Gasteiger partial charge in [-0.15, -0.1) is 0 Å². The Kier molecular flexibility index (Phi) is 7.21. The maximum atomic E-state index is 11.9. The molecule has 1 fully saturated rings. The van der Waals surface area contributed by atoms with Crippen LogP contribution in [0.2, 0.25) is 0 Å². The predicted molar refractivity (Wildman–Crippen MR) is 96.6 cm³/mol. The number of amides is 2. The quantitative estimate of drug-likeness (QED) is 0.592. The molecule has 0 bridgehead atoms. The summed E-state index contributed by atoms with van der Waals surface area (Å²) in [5, 5.41) is 5.63. The van der Waals surface area contributed by atoms with E-state index in [1.54, 1.807) is 24.3 Å². The zero-order valence-electron chi connectivity index (χ0n) is 14.7. The lowest BCUT2D eigenvalue weighted by atomic mass is 10.1. The van der Waals surface area contributed by atoms with E-state index in [1.165, 1.54) is 6.92 Å². The van der Waals surface area contributed by atoms with Crippen LogP contribution in [0.15, 0.2) is 24.3 Å². The average molecular weight is 332 g/mol. The third-order valence-electron chi connectivity index (χ3n) is 4.31. The Hall–Kier alpha value is -1.92. The number of hydrogen-bond acceptors (Lipinski definition) is 4. The fraction of sp³-hybridized carbons (Fsp3) is 0.556. The van der Waals surface area contributed by atoms with Crippen LogP contribution in [0.3, 0.4) is 0 Å². The minimum absolute atomic E-state index is 0.0111. The van der Waals surface area contributed by atoms with E-state index in [1.807, 2.05) is 0 Å². The second-order valence-corrected chi connectivity index (χ2v) is 6.37. The molecule has 0 spiro atoms. The van der Waals surface area contributed by atoms with Crippen molar-refractivity contribution in [1.29, 1.82) is 0 Å². The standard InChI is InChI=1S/C18H28N4O2/c1-15(23)16-6-5-7-17(14-16)20-18(24)19-8-3-4-9-22-12-10-21(2)11-13-22/h5-7,14H,3-4,8-13H2,1-2H3,(H2,19,20,24). The molecule has 2 N–H and O–H groups in total. The lowest BCUT2D eigenvalue weighted by Crippen LogP contribution is -2.44. The topological polar surface area (TPSA) is 64.7 Å². The van der Waals surface area contributed by atoms with E-state index in [2.05, 4.69) is 27.5 Å². The van der Waals surface area contributed by atoms with Gasteiger partial charge in [-0.3, -0.25) is 4.79 Å². The van der Waals surface area contributed by atoms with Crippen molar-refractivity contribution in [2.24, 2.45) is 0 Å². The molecule has 1 heterocycles. The molecule has 0 radical (unpaired) electrons. The minimum Gasteiger partial charge on any atom is -0.338 e. The van der Waals surface area contributed by atoms with Gasteiger partial charge in [0.05, 0.1) is 0 Å². The maximum Gasteiger partial charge on any atom is 0.319 e. The highest BCUT2D eigenvalue weighted by Crippen LogP contribution is 2.11. The number of nitrogens with one attached hydrogen (secondary N) is 2. The molecule has 1 aromatic carbocycles. The van der Waals surface area contributed by atoms with Gasteiger partial charge in [0, 0.05) is 44.0 Å². The summed E-state index contributed by atoms with van der Waals surface area (Å²) in [7, 11) is 2.16. The fourth-order valence-electron chi connectivity index (χ4n) is 2.73. The zero-order chi connectivity index (χ0) is 17.4. The van der Waals surface area contributed by atoms with Crippen LogP contribution < -0.4 is 10.6 Å². The van der Waals surface area contributed by atoms with Crippen molar-refractivity contribution < 1.29 is 9.59 Å². The summed E-state index contributed by atoms with van der Waals surface area (Å²) in [4.78, 5) is 28.0. The summed E-state index contributed by atoms with van der Waals surface area (Å²) in [5.41, 5.74) is 1.23. The molecule has 24 heavy (non-hydrogen) atoms. The van der Waals surface area contributed by atoms with Crippen LogP contribution in [0, 0.1) is 0 Å². The number of ketones is 1. The molecule has 1 aliphatic rings. The van der Waals surface area contributed by atoms with Crippen molar-refractivity contribution in [3.05, 3.63) is 29.8 Å². The van der Waals surface area contributed by atoms with E-state index < -0.39 is 0 Å². The molecule has 1 aromatic rings. The number of nitrogens with zero attached hydrogens (tertiary/aromatic N) is 2. The van der Waals surface area contributed by atoms with Gasteiger partial charge in [0.25, 0.3) is 0 Å². The van der Waals surface area contributed by atoms with Gasteiger partial charge in [-0.2, -0.15) is 0 Å². The molecule has 2 rings (SSSR count). The van der Waals surface area contributed by atoms with Crippen molar-refractivity contribution >= 4 is 17.5 Å². The summed E-state index contributed by atoms with van der Waals surface area (Å²) < 4.78 is 0. The number of benzene rings is 1. The van der Waals surface area contributed by atoms with Crippen LogP contribution in [0.25, 0.3) is 0 Å². The first-order valence-electron chi connectivity index (χ1n) is 8.61. The summed E-state index contributed by atoms with van der Waals surface area (Å²) in [6.45, 7) is 7.82. The van der Waals surface area contributed by atoms with Crippen LogP contribution in [0.4, 0.5) is 10.5 Å². The number of carbonyl (C=O) groups excluding carboxylic acids is 2. The van der Waals surface area contributed by atoms with Crippen molar-refractivity contribution in [3.8, 4) is 0 Å². The van der Waals surface area contributed by atoms with Gasteiger partial charge in [-0.05, 0) is 45.5 Å². The molecule has 0 atom stereocenters. The van der Waals surface area contributed by atoms with Crippen molar-refractivity contribution in [2.45, 2.75) is 19.8 Å². The number of unbranched alkanes of at least 4 members (excludes halogenated alkanes) is 1. The van der Waals surface area contributed by atoms with E-state index in [4.69, 9.17) is 0 Å². The number of piperazine rings is 1. The number of hydrogen-bond donors (Lipinski definition) is 2. The molecule has 1 saturated heterocycles. The van der Waals surface area contributed by atoms with Crippen molar-refractivity contribution in [1.82, 2.24) is 15.1 Å². The van der Waals surface area contributed by atoms with Gasteiger partial charge in [-0.25, -0.2) is 4.79 Å². The van der Waals surface area contributed by atoms with Gasteiger partial charge < -0.3 is 20.4 Å². The van der Waals surface area contributed by atoms with Gasteiger partial charge in [-0.1, -0.05) is 12.1 Å². The normalized spacial score (nSPS) is 15.9. The maximum absolute atomic E-state index is 11.9. The van der Waals surface area contributed by atoms with Crippen LogP contribution in [-0.4, -0.2) is 67.9 Å². The van der Waals surface area contributed by atoms with Crippen LogP contribution >= 0.6 is 0 Å². The molecule has 0 saturated carbocycles. The first-order chi connectivity index (χ1) is 11.5. The molecule has 1 aliphatic heterocycles. The molecule has 0 aliphatic carbocycles. The molecule has 6 nitrogen and oxygen atoms in total. The number of urea groups is 1. The summed E-state index contributed by atoms with van der Waals surface area (Å²) in [6.07, 6.45) is 2.05. The number of anilines is 1. The first-order valence-corrected chi connectivity index (χ1v) is 8.61. The van der Waals surface area contributed by atoms with Crippen LogP contribution in [-0.2, 0) is 0 Å². The second kappa shape index (κ2) is 9.39. The second-order valence-electron chi connectivity index (χ2n) is 6.37. The molecular weight excluding hydrogens is 304 g/mol. The van der Waals surface area contributed by atoms with Gasteiger partial charge in [0.1, 0.15) is 0 Å². The van der Waals surface area contributed by atoms with Gasteiger partial charge >= 0.3 is 6.03 Å². The number of rotatable bonds is 7. The number of carbonyl (C=O) groups is 2. The minimum atomic E-state index is -0.227. The monoisotopic (exact) mass is 332 g/mol. The summed E-state index contributed by atoms with van der Waals surface area (Å²) >= 11 is 0. The molecule has 132 valence electrons. The highest BCUT2D eigenvalue weighted by Gasteiger charge is 2.12. The Morgan fingerprint density at radius 1 is 1.12 bits per heavy atom. The zero-order valence-corrected chi connectivity index (χ0v) is 14.7. The highest BCUT2D eigenvalue weighted by molar-refractivity contribution is 5.96. The van der Waals surface area contributed by atoms with E-state index in [0.29, 0.717) is 17.8 Å². The van der Waals surface area contributed by atoms with Crippen molar-refractivity contribution in [2.75, 3.05) is 51.6 Å². The average Bonchev–Trinajstić information content (AvgIpc) is 2.56. The van der Waals surface area contributed by atoms with Gasteiger partial charge in [0.2, 0.25) is 0 Å². The Balaban J connectivity index is 1.60. The third-order valence-corrected chi connectivity index (χ3v) is 4.31. The SMILES string of the molecule is CC(=O)c1cccc(NC(=O)NCCCCN2CCN(C)CC2)c1. The first kappa shape index (κ1) is 18.4. The Morgan fingerprint density at radius 3 is 2.58 bits per heavy atom. The highest BCUT2D eigenvalue weighted by atomic mass is 16.2. The molecule has 2 amide bonds. The van der Waals surface area contributed by atoms with Gasteiger partial charge in [0.15, 0.2) is 5.78 Å². The summed E-state index contributed by atoms with van der Waals surface area (Å²) in [6, 6.07) is 6.75. The van der Waals surface area contributed by atoms with Crippen LogP contribution in [0.1, 0.15) is 30.1 Å². The van der Waals surface area contributed by atoms with E-state index in [-0.39, 0.29) is 11.8 Å². The summed E-state index contributed by atoms with van der Waals surface area (Å²) in [5.74, 6) is -0.0111. The largest absolute Gasteiger partial charge is 0.338 e. The number of Topliss-reactive ketones (excluding diaryl/α,β-unsaturated/α-hetero) is 1. The Bertz CT molecular complexity index is 554. The molecular formula is C18H28N4O2. The van der Waals surface area contributed by atoms with Crippen molar-refractivity contribution in [3.63, 3.8) is 0 Å². The lowest BCUT2D eigenvalue weighted by molar-refractivity contribution is 0.101. The smallest absolute Gasteiger partial charge is 0.319 e. The van der Waals surface area contributed by atoms with E-state index in [9.17, 15) is 9.59 Å². The number of likely N-dealkylation sites (N-methyl/N-ethyl adjacent to an activating group) is 1. The fourth-order valence-corrected chi connectivity index (χ4v) is 2.73. The van der Waals surface area contributed by atoms with E-state index >= 15 is 0 Å².